The molecule has 0 aliphatic rings. The van der Waals surface area contributed by atoms with Crippen LogP contribution in [0.15, 0.2) is 30.6 Å². The number of hydrogen-bond donors (Lipinski definition) is 1. The minimum atomic E-state index is 0.425. The van der Waals surface area contributed by atoms with Crippen molar-refractivity contribution >= 4 is 23.2 Å². The van der Waals surface area contributed by atoms with E-state index in [0.717, 1.165) is 17.9 Å². The molecule has 0 aliphatic heterocycles. The molecule has 1 N–H and O–H groups in total. The lowest BCUT2D eigenvalue weighted by atomic mass is 10.2. The smallest absolute Gasteiger partial charge is 0.122 e. The van der Waals surface area contributed by atoms with Crippen LogP contribution in [-0.4, -0.2) is 15.6 Å². The van der Waals surface area contributed by atoms with Crippen LogP contribution in [0.1, 0.15) is 25.2 Å². The quantitative estimate of drug-likeness (QED) is 0.911. The monoisotopic (exact) mass is 297 g/mol. The lowest BCUT2D eigenvalue weighted by molar-refractivity contribution is 0.554. The van der Waals surface area contributed by atoms with E-state index in [4.69, 9.17) is 23.2 Å². The Labute approximate surface area is 123 Å². The second kappa shape index (κ2) is 6.42. The van der Waals surface area contributed by atoms with E-state index in [1.54, 1.807) is 6.20 Å². The normalized spacial score (nSPS) is 11.2. The highest BCUT2D eigenvalue weighted by molar-refractivity contribution is 6.35. The molecule has 1 aromatic heterocycles. The molecule has 2 rings (SSSR count). The Hall–Kier alpha value is -1.03. The molecule has 0 radical (unpaired) electrons. The van der Waals surface area contributed by atoms with Gasteiger partial charge in [0.25, 0.3) is 0 Å². The Kier molecular flexibility index (Phi) is 4.86. The van der Waals surface area contributed by atoms with Crippen LogP contribution in [0.4, 0.5) is 0 Å². The van der Waals surface area contributed by atoms with Gasteiger partial charge in [-0.1, -0.05) is 43.1 Å². The van der Waals surface area contributed by atoms with Crippen molar-refractivity contribution in [2.24, 2.45) is 0 Å². The minimum Gasteiger partial charge on any atom is -0.329 e. The van der Waals surface area contributed by atoms with Gasteiger partial charge in [0, 0.05) is 34.0 Å². The summed E-state index contributed by atoms with van der Waals surface area (Å²) >= 11 is 12.4. The van der Waals surface area contributed by atoms with Crippen LogP contribution in [0, 0.1) is 0 Å². The van der Waals surface area contributed by atoms with Gasteiger partial charge >= 0.3 is 0 Å². The topological polar surface area (TPSA) is 29.9 Å². The van der Waals surface area contributed by atoms with Gasteiger partial charge in [0.15, 0.2) is 0 Å². The largest absolute Gasteiger partial charge is 0.329 e. The number of hydrogen-bond acceptors (Lipinski definition) is 2. The lowest BCUT2D eigenvalue weighted by Crippen LogP contribution is -2.24. The standard InChI is InChI=1S/C14H17Cl2N3/c1-10(2)18-8-14-17-6-7-19(14)9-11-12(15)4-3-5-13(11)16/h3-7,10,18H,8-9H2,1-2H3. The fourth-order valence-corrected chi connectivity index (χ4v) is 2.32. The van der Waals surface area contributed by atoms with Crippen LogP contribution in [0.25, 0.3) is 0 Å². The molecule has 0 saturated heterocycles. The third kappa shape index (κ3) is 3.72. The van der Waals surface area contributed by atoms with Crippen LogP contribution in [0.2, 0.25) is 10.0 Å². The summed E-state index contributed by atoms with van der Waals surface area (Å²) in [5.74, 6) is 0.977. The predicted molar refractivity (Wildman–Crippen MR) is 79.8 cm³/mol. The van der Waals surface area contributed by atoms with E-state index < -0.39 is 0 Å². The van der Waals surface area contributed by atoms with Crippen molar-refractivity contribution in [3.8, 4) is 0 Å². The summed E-state index contributed by atoms with van der Waals surface area (Å²) in [6.07, 6.45) is 3.74. The molecule has 0 spiro atoms. The Balaban J connectivity index is 2.17. The van der Waals surface area contributed by atoms with E-state index in [1.807, 2.05) is 24.4 Å². The molecule has 0 unspecified atom stereocenters. The maximum atomic E-state index is 6.19. The molecular weight excluding hydrogens is 281 g/mol. The molecule has 102 valence electrons. The molecule has 0 saturated carbocycles. The Morgan fingerprint density at radius 2 is 1.95 bits per heavy atom. The zero-order chi connectivity index (χ0) is 13.8. The zero-order valence-electron chi connectivity index (χ0n) is 11.0. The highest BCUT2D eigenvalue weighted by atomic mass is 35.5. The van der Waals surface area contributed by atoms with E-state index in [-0.39, 0.29) is 0 Å². The average Bonchev–Trinajstić information content (AvgIpc) is 2.79. The van der Waals surface area contributed by atoms with Crippen molar-refractivity contribution in [2.45, 2.75) is 33.0 Å². The maximum Gasteiger partial charge on any atom is 0.122 e. The van der Waals surface area contributed by atoms with Gasteiger partial charge in [-0.15, -0.1) is 0 Å². The maximum absolute atomic E-state index is 6.19. The summed E-state index contributed by atoms with van der Waals surface area (Å²) in [5.41, 5.74) is 0.926. The highest BCUT2D eigenvalue weighted by Crippen LogP contribution is 2.25. The van der Waals surface area contributed by atoms with Gasteiger partial charge in [-0.3, -0.25) is 0 Å². The molecule has 0 aliphatic carbocycles. The van der Waals surface area contributed by atoms with E-state index >= 15 is 0 Å². The molecule has 0 atom stereocenters. The minimum absolute atomic E-state index is 0.425. The summed E-state index contributed by atoms with van der Waals surface area (Å²) in [6, 6.07) is 5.98. The molecule has 0 bridgehead atoms. The number of rotatable bonds is 5. The first-order valence-corrected chi connectivity index (χ1v) is 7.00. The molecule has 2 aromatic rings. The summed E-state index contributed by atoms with van der Waals surface area (Å²) < 4.78 is 2.06. The van der Waals surface area contributed by atoms with Gasteiger partial charge in [-0.2, -0.15) is 0 Å². The Morgan fingerprint density at radius 1 is 1.26 bits per heavy atom. The predicted octanol–water partition coefficient (Wildman–Crippen LogP) is 3.74. The molecule has 1 aromatic carbocycles. The van der Waals surface area contributed by atoms with Gasteiger partial charge in [0.2, 0.25) is 0 Å². The van der Waals surface area contributed by atoms with E-state index in [0.29, 0.717) is 22.6 Å². The Morgan fingerprint density at radius 3 is 2.58 bits per heavy atom. The fraction of sp³-hybridized carbons (Fsp3) is 0.357. The molecule has 19 heavy (non-hydrogen) atoms. The van der Waals surface area contributed by atoms with Crippen LogP contribution in [0.3, 0.4) is 0 Å². The third-order valence-electron chi connectivity index (χ3n) is 2.86. The SMILES string of the molecule is CC(C)NCc1nccn1Cc1c(Cl)cccc1Cl. The first-order valence-electron chi connectivity index (χ1n) is 6.24. The zero-order valence-corrected chi connectivity index (χ0v) is 12.5. The van der Waals surface area contributed by atoms with Crippen LogP contribution < -0.4 is 5.32 Å². The van der Waals surface area contributed by atoms with Crippen molar-refractivity contribution in [1.29, 1.82) is 0 Å². The molecular formula is C14H17Cl2N3. The summed E-state index contributed by atoms with van der Waals surface area (Å²) in [6.45, 7) is 5.58. The number of nitrogens with zero attached hydrogens (tertiary/aromatic N) is 2. The molecule has 1 heterocycles. The summed E-state index contributed by atoms with van der Waals surface area (Å²) in [4.78, 5) is 4.36. The van der Waals surface area contributed by atoms with E-state index in [9.17, 15) is 0 Å². The third-order valence-corrected chi connectivity index (χ3v) is 3.57. The lowest BCUT2D eigenvalue weighted by Gasteiger charge is -2.12. The van der Waals surface area contributed by atoms with Crippen molar-refractivity contribution in [2.75, 3.05) is 0 Å². The van der Waals surface area contributed by atoms with Crippen LogP contribution in [-0.2, 0) is 13.1 Å². The van der Waals surface area contributed by atoms with Gasteiger partial charge < -0.3 is 9.88 Å². The second-order valence-corrected chi connectivity index (χ2v) is 5.52. The Bertz CT molecular complexity index is 529. The van der Waals surface area contributed by atoms with E-state index in [1.165, 1.54) is 0 Å². The van der Waals surface area contributed by atoms with Crippen molar-refractivity contribution in [3.05, 3.63) is 52.0 Å². The number of imidazole rings is 1. The second-order valence-electron chi connectivity index (χ2n) is 4.71. The first kappa shape index (κ1) is 14.4. The number of aromatic nitrogens is 2. The van der Waals surface area contributed by atoms with Gasteiger partial charge in [0.05, 0.1) is 13.1 Å². The fourth-order valence-electron chi connectivity index (χ4n) is 1.80. The van der Waals surface area contributed by atoms with Crippen molar-refractivity contribution in [1.82, 2.24) is 14.9 Å². The van der Waals surface area contributed by atoms with Gasteiger partial charge in [-0.25, -0.2) is 4.98 Å². The first-order chi connectivity index (χ1) is 9.08. The van der Waals surface area contributed by atoms with Gasteiger partial charge in [-0.05, 0) is 12.1 Å². The van der Waals surface area contributed by atoms with Crippen molar-refractivity contribution < 1.29 is 0 Å². The number of nitrogens with one attached hydrogen (secondary N) is 1. The number of halogens is 2. The number of benzene rings is 1. The summed E-state index contributed by atoms with van der Waals surface area (Å²) in [5, 5.41) is 4.72. The molecule has 3 nitrogen and oxygen atoms in total. The molecule has 0 amide bonds. The van der Waals surface area contributed by atoms with Gasteiger partial charge in [0.1, 0.15) is 5.82 Å². The average molecular weight is 298 g/mol. The van der Waals surface area contributed by atoms with Crippen LogP contribution >= 0.6 is 23.2 Å². The highest BCUT2D eigenvalue weighted by Gasteiger charge is 2.09. The molecule has 5 heteroatoms. The van der Waals surface area contributed by atoms with Crippen LogP contribution in [0.5, 0.6) is 0 Å². The van der Waals surface area contributed by atoms with Crippen molar-refractivity contribution in [3.63, 3.8) is 0 Å². The molecule has 0 fully saturated rings. The van der Waals surface area contributed by atoms with E-state index in [2.05, 4.69) is 28.7 Å². The summed E-state index contributed by atoms with van der Waals surface area (Å²) in [7, 11) is 0.